The summed E-state index contributed by atoms with van der Waals surface area (Å²) in [6.45, 7) is 8.98. The predicted molar refractivity (Wildman–Crippen MR) is 129 cm³/mol. The van der Waals surface area contributed by atoms with Gasteiger partial charge in [0.05, 0.1) is 11.3 Å². The number of anilines is 2. The van der Waals surface area contributed by atoms with Crippen LogP contribution in [0.25, 0.3) is 5.57 Å². The van der Waals surface area contributed by atoms with Gasteiger partial charge >= 0.3 is 0 Å². The molecule has 1 aromatic carbocycles. The number of aldehydes is 1. The molecule has 0 radical (unpaired) electrons. The van der Waals surface area contributed by atoms with Crippen molar-refractivity contribution in [2.75, 3.05) is 30.7 Å². The van der Waals surface area contributed by atoms with Crippen molar-refractivity contribution >= 4 is 23.6 Å². The fourth-order valence-corrected chi connectivity index (χ4v) is 4.59. The number of hydrogen-bond donors (Lipinski definition) is 2. The topological polar surface area (TPSA) is 87.4 Å². The molecule has 4 rings (SSSR count). The fraction of sp³-hybridized carbons (Fsp3) is 0.480. The number of rotatable bonds is 9. The third kappa shape index (κ3) is 4.93. The van der Waals surface area contributed by atoms with E-state index < -0.39 is 6.04 Å². The molecule has 0 aliphatic carbocycles. The highest BCUT2D eigenvalue weighted by Gasteiger charge is 2.31. The van der Waals surface area contributed by atoms with Gasteiger partial charge in [0.1, 0.15) is 18.1 Å². The molecule has 1 saturated heterocycles. The van der Waals surface area contributed by atoms with Crippen LogP contribution in [-0.4, -0.2) is 45.7 Å². The van der Waals surface area contributed by atoms with E-state index in [0.29, 0.717) is 12.4 Å². The van der Waals surface area contributed by atoms with Crippen LogP contribution in [0.5, 0.6) is 0 Å². The Balaban J connectivity index is 1.55. The van der Waals surface area contributed by atoms with E-state index in [9.17, 15) is 4.79 Å². The Hall–Kier alpha value is -2.93. The van der Waals surface area contributed by atoms with Gasteiger partial charge in [-0.05, 0) is 56.0 Å². The van der Waals surface area contributed by atoms with E-state index in [1.165, 1.54) is 37.1 Å². The van der Waals surface area contributed by atoms with Crippen LogP contribution in [0.4, 0.5) is 11.8 Å². The van der Waals surface area contributed by atoms with Gasteiger partial charge in [0.15, 0.2) is 0 Å². The van der Waals surface area contributed by atoms with Gasteiger partial charge in [-0.3, -0.25) is 4.90 Å². The Morgan fingerprint density at radius 3 is 2.47 bits per heavy atom. The lowest BCUT2D eigenvalue weighted by Gasteiger charge is -2.34. The molecule has 170 valence electrons. The van der Waals surface area contributed by atoms with Gasteiger partial charge < -0.3 is 20.7 Å². The van der Waals surface area contributed by atoms with Crippen molar-refractivity contribution in [3.63, 3.8) is 0 Å². The molecule has 1 aromatic heterocycles. The summed E-state index contributed by atoms with van der Waals surface area (Å²) in [7, 11) is 0. The van der Waals surface area contributed by atoms with E-state index in [2.05, 4.69) is 56.3 Å². The van der Waals surface area contributed by atoms with Crippen molar-refractivity contribution in [3.05, 3.63) is 52.8 Å². The minimum atomic E-state index is -0.456. The summed E-state index contributed by atoms with van der Waals surface area (Å²) < 4.78 is 0. The summed E-state index contributed by atoms with van der Waals surface area (Å²) in [6.07, 6.45) is 7.70. The number of nitrogens with one attached hydrogen (secondary N) is 1. The van der Waals surface area contributed by atoms with E-state index in [-0.39, 0.29) is 5.95 Å². The van der Waals surface area contributed by atoms with Crippen molar-refractivity contribution in [2.45, 2.75) is 58.7 Å². The highest BCUT2D eigenvalue weighted by atomic mass is 16.1. The summed E-state index contributed by atoms with van der Waals surface area (Å²) in [5.74, 6) is 0.888. The highest BCUT2D eigenvalue weighted by Crippen LogP contribution is 2.37. The summed E-state index contributed by atoms with van der Waals surface area (Å²) in [5.41, 5.74) is 11.0. The molecule has 0 bridgehead atoms. The lowest BCUT2D eigenvalue weighted by atomic mass is 9.96. The van der Waals surface area contributed by atoms with Gasteiger partial charge in [-0.25, -0.2) is 4.98 Å². The third-order valence-electron chi connectivity index (χ3n) is 6.29. The maximum Gasteiger partial charge on any atom is 0.222 e. The summed E-state index contributed by atoms with van der Waals surface area (Å²) in [5, 5.41) is 3.38. The van der Waals surface area contributed by atoms with Crippen molar-refractivity contribution in [1.82, 2.24) is 19.8 Å². The zero-order valence-corrected chi connectivity index (χ0v) is 19.2. The van der Waals surface area contributed by atoms with Gasteiger partial charge in [0.2, 0.25) is 5.95 Å². The second-order valence-corrected chi connectivity index (χ2v) is 8.84. The van der Waals surface area contributed by atoms with Crippen molar-refractivity contribution < 1.29 is 4.79 Å². The summed E-state index contributed by atoms with van der Waals surface area (Å²) >= 11 is 0. The number of unbranched alkanes of at least 4 members (excludes halogenated alkanes) is 1. The Kier molecular flexibility index (Phi) is 7.05. The molecule has 0 spiro atoms. The quantitative estimate of drug-likeness (QED) is 0.456. The number of nitrogens with zero attached hydrogens (tertiary/aromatic N) is 4. The van der Waals surface area contributed by atoms with E-state index in [0.717, 1.165) is 49.0 Å². The molecule has 32 heavy (non-hydrogen) atoms. The molecule has 1 fully saturated rings. The number of likely N-dealkylation sites (tertiary alicyclic amines) is 1. The maximum atomic E-state index is 12.3. The molecule has 7 heteroatoms. The largest absolute Gasteiger partial charge is 0.370 e. The number of carbonyl (C=O) groups is 1. The van der Waals surface area contributed by atoms with Crippen LogP contribution >= 0.6 is 0 Å². The molecule has 0 saturated carbocycles. The van der Waals surface area contributed by atoms with E-state index in [4.69, 9.17) is 5.73 Å². The van der Waals surface area contributed by atoms with Crippen LogP contribution in [-0.2, 0) is 17.9 Å². The van der Waals surface area contributed by atoms with E-state index in [1.807, 2.05) is 13.1 Å². The number of nitrogen functional groups attached to an aromatic ring is 1. The zero-order chi connectivity index (χ0) is 22.5. The second kappa shape index (κ2) is 10.1. The van der Waals surface area contributed by atoms with E-state index in [1.54, 1.807) is 0 Å². The standard InChI is InChI=1S/C25H34N6O/c1-3-4-11-27-24-22-21(17-32)31(14-18(2)23(22)28-25(26)29-24)16-20-9-7-19(8-10-20)15-30-12-5-6-13-30/h7-10,14,17,21H,3-6,11-13,15-16H2,1-2H3,(H3,26,27,28,29). The number of carbonyl (C=O) groups excluding carboxylic acids is 1. The van der Waals surface area contributed by atoms with Crippen LogP contribution in [0.1, 0.15) is 68.0 Å². The van der Waals surface area contributed by atoms with Gasteiger partial charge in [-0.15, -0.1) is 0 Å². The Morgan fingerprint density at radius 2 is 1.81 bits per heavy atom. The number of hydrogen-bond acceptors (Lipinski definition) is 7. The number of fused-ring (bicyclic) bond motifs is 1. The molecule has 2 aromatic rings. The van der Waals surface area contributed by atoms with Crippen LogP contribution in [0.15, 0.2) is 30.5 Å². The van der Waals surface area contributed by atoms with Gasteiger partial charge in [-0.2, -0.15) is 4.98 Å². The minimum absolute atomic E-state index is 0.224. The van der Waals surface area contributed by atoms with Crippen LogP contribution < -0.4 is 11.1 Å². The van der Waals surface area contributed by atoms with E-state index >= 15 is 0 Å². The number of nitrogens with two attached hydrogens (primary N) is 1. The normalized spacial score (nSPS) is 18.4. The predicted octanol–water partition coefficient (Wildman–Crippen LogP) is 3.98. The Bertz CT molecular complexity index is 965. The monoisotopic (exact) mass is 434 g/mol. The van der Waals surface area contributed by atoms with Gasteiger partial charge in [0.25, 0.3) is 0 Å². The smallest absolute Gasteiger partial charge is 0.222 e. The zero-order valence-electron chi connectivity index (χ0n) is 19.2. The van der Waals surface area contributed by atoms with Crippen LogP contribution in [0, 0.1) is 0 Å². The Morgan fingerprint density at radius 1 is 1.12 bits per heavy atom. The van der Waals surface area contributed by atoms with Gasteiger partial charge in [-0.1, -0.05) is 37.6 Å². The number of benzene rings is 1. The van der Waals surface area contributed by atoms with Crippen molar-refractivity contribution in [3.8, 4) is 0 Å². The summed E-state index contributed by atoms with van der Waals surface area (Å²) in [6, 6.07) is 8.30. The fourth-order valence-electron chi connectivity index (χ4n) is 4.59. The first-order valence-corrected chi connectivity index (χ1v) is 11.7. The molecule has 2 aliphatic heterocycles. The molecule has 3 N–H and O–H groups in total. The van der Waals surface area contributed by atoms with Crippen LogP contribution in [0.2, 0.25) is 0 Å². The first kappa shape index (κ1) is 22.3. The van der Waals surface area contributed by atoms with Crippen molar-refractivity contribution in [1.29, 1.82) is 0 Å². The average molecular weight is 435 g/mol. The summed E-state index contributed by atoms with van der Waals surface area (Å²) in [4.78, 5) is 25.7. The molecule has 7 nitrogen and oxygen atoms in total. The maximum absolute atomic E-state index is 12.3. The minimum Gasteiger partial charge on any atom is -0.370 e. The molecule has 0 amide bonds. The molecular weight excluding hydrogens is 400 g/mol. The average Bonchev–Trinajstić information content (AvgIpc) is 3.29. The second-order valence-electron chi connectivity index (χ2n) is 8.84. The first-order chi connectivity index (χ1) is 15.6. The SMILES string of the molecule is CCCCNc1nc(N)nc2c1C(C=O)N(Cc1ccc(CN3CCCC3)cc1)C=C2C. The molecule has 3 heterocycles. The number of allylic oxidation sites excluding steroid dienone is 1. The highest BCUT2D eigenvalue weighted by molar-refractivity contribution is 5.78. The lowest BCUT2D eigenvalue weighted by molar-refractivity contribution is -0.112. The Labute approximate surface area is 190 Å². The molecule has 2 aliphatic rings. The van der Waals surface area contributed by atoms with Gasteiger partial charge in [0, 0.05) is 25.8 Å². The van der Waals surface area contributed by atoms with Crippen LogP contribution in [0.3, 0.4) is 0 Å². The third-order valence-corrected chi connectivity index (χ3v) is 6.29. The first-order valence-electron chi connectivity index (χ1n) is 11.7. The molecular formula is C25H34N6O. The molecule has 1 atom stereocenters. The molecule has 1 unspecified atom stereocenters. The lowest BCUT2D eigenvalue weighted by Crippen LogP contribution is -2.30. The number of aromatic nitrogens is 2. The van der Waals surface area contributed by atoms with Crippen molar-refractivity contribution in [2.24, 2.45) is 0 Å².